The monoisotopic (exact) mass is 179 g/mol. The van der Waals surface area contributed by atoms with Crippen LogP contribution in [0.15, 0.2) is 0 Å². The molecule has 0 bridgehead atoms. The number of rotatable bonds is 1. The Morgan fingerprint density at radius 2 is 2.15 bits per heavy atom. The lowest BCUT2D eigenvalue weighted by molar-refractivity contribution is -0.118. The van der Waals surface area contributed by atoms with Crippen LogP contribution in [0.4, 0.5) is 0 Å². The number of ketones is 1. The maximum absolute atomic E-state index is 11.2. The smallest absolute Gasteiger partial charge is 0.139 e. The normalized spacial score (nSPS) is 16.4. The number of nitrogens with zero attached hydrogens (tertiary/aromatic N) is 3. The van der Waals surface area contributed by atoms with Gasteiger partial charge in [0.05, 0.1) is 17.8 Å². The highest BCUT2D eigenvalue weighted by molar-refractivity contribution is 5.82. The fraction of sp³-hybridized carbons (Fsp3) is 0.667. The van der Waals surface area contributed by atoms with Gasteiger partial charge in [0, 0.05) is 18.9 Å². The van der Waals surface area contributed by atoms with E-state index in [2.05, 4.69) is 10.3 Å². The molecule has 1 heterocycles. The molecule has 0 radical (unpaired) electrons. The minimum atomic E-state index is 0.294. The zero-order chi connectivity index (χ0) is 9.42. The molecular formula is C9H13N3O. The van der Waals surface area contributed by atoms with E-state index in [0.29, 0.717) is 24.7 Å². The number of carbonyl (C=O) groups excluding carboxylic acids is 1. The van der Waals surface area contributed by atoms with Crippen molar-refractivity contribution in [3.8, 4) is 0 Å². The average molecular weight is 179 g/mol. The Hall–Kier alpha value is -1.19. The molecule has 70 valence electrons. The van der Waals surface area contributed by atoms with Crippen molar-refractivity contribution in [3.05, 3.63) is 11.4 Å². The van der Waals surface area contributed by atoms with Crippen LogP contribution in [0.2, 0.25) is 0 Å². The molecule has 1 aromatic rings. The van der Waals surface area contributed by atoms with Gasteiger partial charge in [0.25, 0.3) is 0 Å². The fourth-order valence-corrected chi connectivity index (χ4v) is 1.67. The Morgan fingerprint density at radius 3 is 2.85 bits per heavy atom. The largest absolute Gasteiger partial charge is 0.299 e. The molecule has 0 unspecified atom stereocenters. The van der Waals surface area contributed by atoms with Crippen LogP contribution >= 0.6 is 0 Å². The minimum absolute atomic E-state index is 0.294. The van der Waals surface area contributed by atoms with Gasteiger partial charge in [0.15, 0.2) is 0 Å². The van der Waals surface area contributed by atoms with Crippen molar-refractivity contribution in [1.29, 1.82) is 0 Å². The second-order valence-corrected chi connectivity index (χ2v) is 3.74. The third-order valence-corrected chi connectivity index (χ3v) is 2.37. The van der Waals surface area contributed by atoms with Gasteiger partial charge in [0.2, 0.25) is 0 Å². The molecule has 4 nitrogen and oxygen atoms in total. The highest BCUT2D eigenvalue weighted by atomic mass is 16.1. The van der Waals surface area contributed by atoms with Gasteiger partial charge in [-0.2, -0.15) is 0 Å². The van der Waals surface area contributed by atoms with Gasteiger partial charge in [0.1, 0.15) is 5.78 Å². The lowest BCUT2D eigenvalue weighted by Gasteiger charge is -2.13. The lowest BCUT2D eigenvalue weighted by Crippen LogP contribution is -2.17. The second-order valence-electron chi connectivity index (χ2n) is 3.74. The summed E-state index contributed by atoms with van der Waals surface area (Å²) >= 11 is 0. The first-order valence-electron chi connectivity index (χ1n) is 4.63. The quantitative estimate of drug-likeness (QED) is 0.644. The molecule has 0 spiro atoms. The van der Waals surface area contributed by atoms with Gasteiger partial charge in [-0.05, 0) is 13.8 Å². The van der Waals surface area contributed by atoms with Gasteiger partial charge in [-0.25, -0.2) is 4.68 Å². The Kier molecular flexibility index (Phi) is 1.90. The van der Waals surface area contributed by atoms with Crippen molar-refractivity contribution in [2.24, 2.45) is 0 Å². The topological polar surface area (TPSA) is 47.8 Å². The van der Waals surface area contributed by atoms with E-state index in [1.807, 2.05) is 18.5 Å². The van der Waals surface area contributed by atoms with Gasteiger partial charge in [-0.1, -0.05) is 5.21 Å². The van der Waals surface area contributed by atoms with E-state index in [1.54, 1.807) is 0 Å². The summed E-state index contributed by atoms with van der Waals surface area (Å²) in [5.74, 6) is 0.303. The van der Waals surface area contributed by atoms with Gasteiger partial charge in [-0.3, -0.25) is 4.79 Å². The third kappa shape index (κ3) is 1.36. The summed E-state index contributed by atoms with van der Waals surface area (Å²) < 4.78 is 1.85. The van der Waals surface area contributed by atoms with E-state index < -0.39 is 0 Å². The molecule has 4 heteroatoms. The van der Waals surface area contributed by atoms with Crippen molar-refractivity contribution in [2.45, 2.75) is 39.2 Å². The van der Waals surface area contributed by atoms with Crippen molar-refractivity contribution in [3.63, 3.8) is 0 Å². The molecular weight excluding hydrogens is 166 g/mol. The van der Waals surface area contributed by atoms with E-state index in [9.17, 15) is 4.79 Å². The first-order valence-corrected chi connectivity index (χ1v) is 4.63. The molecule has 1 aromatic heterocycles. The van der Waals surface area contributed by atoms with Crippen molar-refractivity contribution in [2.75, 3.05) is 0 Å². The summed E-state index contributed by atoms with van der Waals surface area (Å²) in [6.07, 6.45) is 1.91. The number of hydrogen-bond donors (Lipinski definition) is 0. The minimum Gasteiger partial charge on any atom is -0.299 e. The van der Waals surface area contributed by atoms with Crippen LogP contribution in [0.3, 0.4) is 0 Å². The molecule has 1 aliphatic rings. The van der Waals surface area contributed by atoms with Gasteiger partial charge in [-0.15, -0.1) is 5.10 Å². The molecule has 13 heavy (non-hydrogen) atoms. The Morgan fingerprint density at radius 1 is 1.38 bits per heavy atom. The van der Waals surface area contributed by atoms with Crippen LogP contribution in [0.5, 0.6) is 0 Å². The standard InChI is InChI=1S/C9H13N3O/c1-6(2)12-9-5-7(13)3-4-8(9)10-11-12/h6H,3-5H2,1-2H3. The molecule has 0 saturated heterocycles. The maximum atomic E-state index is 11.2. The molecule has 0 aromatic carbocycles. The van der Waals surface area contributed by atoms with Crippen LogP contribution in [-0.4, -0.2) is 20.8 Å². The molecule has 0 aliphatic heterocycles. The SMILES string of the molecule is CC(C)n1nnc2c1CC(=O)CC2. The van der Waals surface area contributed by atoms with Gasteiger partial charge >= 0.3 is 0 Å². The summed E-state index contributed by atoms with van der Waals surface area (Å²) in [5, 5.41) is 8.12. The third-order valence-electron chi connectivity index (χ3n) is 2.37. The molecule has 0 N–H and O–H groups in total. The van der Waals surface area contributed by atoms with Crippen molar-refractivity contribution < 1.29 is 4.79 Å². The highest BCUT2D eigenvalue weighted by Crippen LogP contribution is 2.19. The van der Waals surface area contributed by atoms with Crippen LogP contribution in [0.1, 0.15) is 37.7 Å². The Balaban J connectivity index is 2.41. The van der Waals surface area contributed by atoms with E-state index in [1.165, 1.54) is 0 Å². The number of fused-ring (bicyclic) bond motifs is 1. The molecule has 1 aliphatic carbocycles. The van der Waals surface area contributed by atoms with Crippen molar-refractivity contribution in [1.82, 2.24) is 15.0 Å². The molecule has 0 fully saturated rings. The Bertz CT molecular complexity index is 341. The predicted molar refractivity (Wildman–Crippen MR) is 47.4 cm³/mol. The number of aryl methyl sites for hydroxylation is 1. The zero-order valence-electron chi connectivity index (χ0n) is 7.95. The average Bonchev–Trinajstić information content (AvgIpc) is 2.46. The summed E-state index contributed by atoms with van der Waals surface area (Å²) in [7, 11) is 0. The van der Waals surface area contributed by atoms with E-state index >= 15 is 0 Å². The summed E-state index contributed by atoms with van der Waals surface area (Å²) in [5.41, 5.74) is 2.03. The molecule has 0 amide bonds. The summed E-state index contributed by atoms with van der Waals surface area (Å²) in [6, 6.07) is 0.294. The Labute approximate surface area is 76.9 Å². The van der Waals surface area contributed by atoms with Crippen LogP contribution in [0.25, 0.3) is 0 Å². The summed E-state index contributed by atoms with van der Waals surface area (Å²) in [6.45, 7) is 4.10. The van der Waals surface area contributed by atoms with E-state index in [-0.39, 0.29) is 0 Å². The van der Waals surface area contributed by atoms with Crippen LogP contribution in [0, 0.1) is 0 Å². The zero-order valence-corrected chi connectivity index (χ0v) is 7.95. The number of Topliss-reactive ketones (excluding diaryl/α,β-unsaturated/α-hetero) is 1. The van der Waals surface area contributed by atoms with Gasteiger partial charge < -0.3 is 0 Å². The predicted octanol–water partition coefficient (Wildman–Crippen LogP) is 0.917. The first kappa shape index (κ1) is 8.41. The number of aromatic nitrogens is 3. The first-order chi connectivity index (χ1) is 6.18. The lowest BCUT2D eigenvalue weighted by atomic mass is 9.99. The number of hydrogen-bond acceptors (Lipinski definition) is 3. The van der Waals surface area contributed by atoms with Crippen LogP contribution < -0.4 is 0 Å². The van der Waals surface area contributed by atoms with E-state index in [4.69, 9.17) is 0 Å². The summed E-state index contributed by atoms with van der Waals surface area (Å²) in [4.78, 5) is 11.2. The molecule has 0 atom stereocenters. The second kappa shape index (κ2) is 2.94. The highest BCUT2D eigenvalue weighted by Gasteiger charge is 2.22. The number of carbonyl (C=O) groups is 1. The maximum Gasteiger partial charge on any atom is 0.139 e. The fourth-order valence-electron chi connectivity index (χ4n) is 1.67. The molecule has 2 rings (SSSR count). The van der Waals surface area contributed by atoms with Crippen molar-refractivity contribution >= 4 is 5.78 Å². The van der Waals surface area contributed by atoms with E-state index in [0.717, 1.165) is 17.8 Å². The molecule has 0 saturated carbocycles. The van der Waals surface area contributed by atoms with Crippen LogP contribution in [-0.2, 0) is 17.6 Å².